The zero-order chi connectivity index (χ0) is 23.6. The maximum atomic E-state index is 13.1. The minimum absolute atomic E-state index is 0.0206. The number of hydrogen-bond acceptors (Lipinski definition) is 5. The first-order valence-electron chi connectivity index (χ1n) is 9.98. The van der Waals surface area contributed by atoms with E-state index in [1.807, 2.05) is 13.8 Å². The molecule has 0 fully saturated rings. The summed E-state index contributed by atoms with van der Waals surface area (Å²) in [6, 6.07) is 11.3. The molecule has 0 unspecified atom stereocenters. The molecule has 0 atom stereocenters. The summed E-state index contributed by atoms with van der Waals surface area (Å²) in [6.45, 7) is 7.23. The molecule has 9 heteroatoms. The van der Waals surface area contributed by atoms with E-state index in [0.29, 0.717) is 17.0 Å². The van der Waals surface area contributed by atoms with Gasteiger partial charge in [-0.25, -0.2) is 0 Å². The quantitative estimate of drug-likeness (QED) is 0.606. The van der Waals surface area contributed by atoms with E-state index in [1.165, 1.54) is 12.1 Å². The van der Waals surface area contributed by atoms with Crippen LogP contribution >= 0.6 is 0 Å². The number of carbonyl (C=O) groups is 2. The van der Waals surface area contributed by atoms with Crippen molar-refractivity contribution in [2.24, 2.45) is 0 Å². The first-order valence-corrected chi connectivity index (χ1v) is 9.98. The maximum absolute atomic E-state index is 13.1. The second-order valence-electron chi connectivity index (χ2n) is 7.71. The molecular weight excluding hydrogens is 425 g/mol. The fourth-order valence-corrected chi connectivity index (χ4v) is 3.26. The number of hydrogen-bond donors (Lipinski definition) is 1. The lowest BCUT2D eigenvalue weighted by atomic mass is 10.0. The van der Waals surface area contributed by atoms with Gasteiger partial charge in [0, 0.05) is 11.7 Å². The summed E-state index contributed by atoms with van der Waals surface area (Å²) in [5.74, 6) is -0.743. The van der Waals surface area contributed by atoms with E-state index in [1.54, 1.807) is 38.1 Å². The summed E-state index contributed by atoms with van der Waals surface area (Å²) < 4.78 is 46.6. The Bertz CT molecular complexity index is 1030. The number of benzene rings is 2. The van der Waals surface area contributed by atoms with E-state index in [-0.39, 0.29) is 23.4 Å². The molecule has 0 radical (unpaired) electrons. The van der Waals surface area contributed by atoms with Gasteiger partial charge in [-0.2, -0.15) is 0 Å². The first kappa shape index (κ1) is 23.2. The number of anilines is 1. The number of nitrogens with one attached hydrogen (secondary N) is 1. The highest BCUT2D eigenvalue weighted by Crippen LogP contribution is 2.33. The van der Waals surface area contributed by atoms with E-state index < -0.39 is 23.9 Å². The Balaban J connectivity index is 1.95. The lowest BCUT2D eigenvalue weighted by Crippen LogP contribution is -2.38. The number of ether oxygens (including phenoxy) is 2. The maximum Gasteiger partial charge on any atom is 0.573 e. The van der Waals surface area contributed by atoms with Crippen LogP contribution in [0, 0.1) is 0 Å². The van der Waals surface area contributed by atoms with Crippen molar-refractivity contribution in [3.8, 4) is 11.5 Å². The van der Waals surface area contributed by atoms with Gasteiger partial charge in [-0.15, -0.1) is 13.2 Å². The van der Waals surface area contributed by atoms with Gasteiger partial charge in [-0.1, -0.05) is 12.1 Å². The second-order valence-corrected chi connectivity index (χ2v) is 7.71. The summed E-state index contributed by atoms with van der Waals surface area (Å²) in [5, 5.41) is 2.89. The predicted molar refractivity (Wildman–Crippen MR) is 113 cm³/mol. The van der Waals surface area contributed by atoms with Crippen LogP contribution in [-0.2, 0) is 9.59 Å². The van der Waals surface area contributed by atoms with Crippen molar-refractivity contribution in [2.45, 2.75) is 46.2 Å². The highest BCUT2D eigenvalue weighted by Gasteiger charge is 2.40. The van der Waals surface area contributed by atoms with Gasteiger partial charge in [0.25, 0.3) is 11.8 Å². The number of carbonyl (C=O) groups excluding carboxylic acids is 2. The first-order chi connectivity index (χ1) is 15.0. The van der Waals surface area contributed by atoms with Gasteiger partial charge in [0.05, 0.1) is 11.7 Å². The van der Waals surface area contributed by atoms with Crippen LogP contribution in [0.5, 0.6) is 11.5 Å². The van der Waals surface area contributed by atoms with E-state index in [4.69, 9.17) is 4.74 Å². The number of rotatable bonds is 7. The lowest BCUT2D eigenvalue weighted by Gasteiger charge is -2.19. The van der Waals surface area contributed by atoms with Crippen molar-refractivity contribution in [1.29, 1.82) is 0 Å². The monoisotopic (exact) mass is 448 g/mol. The largest absolute Gasteiger partial charge is 0.573 e. The zero-order valence-electron chi connectivity index (χ0n) is 18.0. The standard InChI is InChI=1S/C23H23F3N2O4/c1-13(2)28-21(29)19(15-5-9-17(10-6-15)31-14(3)4)20(22(28)30)27-16-7-11-18(12-8-16)32-23(24,25)26/h5-14,27H,1-4H3. The average molecular weight is 448 g/mol. The van der Waals surface area contributed by atoms with Gasteiger partial charge in [-0.05, 0) is 69.7 Å². The molecule has 1 heterocycles. The van der Waals surface area contributed by atoms with Gasteiger partial charge in [0.1, 0.15) is 17.2 Å². The van der Waals surface area contributed by atoms with E-state index >= 15 is 0 Å². The molecule has 1 N–H and O–H groups in total. The van der Waals surface area contributed by atoms with E-state index in [0.717, 1.165) is 17.0 Å². The van der Waals surface area contributed by atoms with Crippen LogP contribution in [0.3, 0.4) is 0 Å². The SMILES string of the molecule is CC(C)Oc1ccc(C2=C(Nc3ccc(OC(F)(F)F)cc3)C(=O)N(C(C)C)C2=O)cc1. The Morgan fingerprint density at radius 1 is 0.844 bits per heavy atom. The van der Waals surface area contributed by atoms with Crippen LogP contribution < -0.4 is 14.8 Å². The Hall–Kier alpha value is -3.49. The second kappa shape index (κ2) is 8.94. The molecule has 2 aromatic carbocycles. The Kier molecular flexibility index (Phi) is 6.47. The molecule has 2 amide bonds. The Morgan fingerprint density at radius 3 is 1.91 bits per heavy atom. The number of imide groups is 1. The van der Waals surface area contributed by atoms with E-state index in [2.05, 4.69) is 10.1 Å². The van der Waals surface area contributed by atoms with Crippen LogP contribution in [0.15, 0.2) is 54.2 Å². The highest BCUT2D eigenvalue weighted by atomic mass is 19.4. The number of amides is 2. The molecule has 0 aromatic heterocycles. The molecule has 1 aliphatic rings. The zero-order valence-corrected chi connectivity index (χ0v) is 18.0. The van der Waals surface area contributed by atoms with Crippen molar-refractivity contribution >= 4 is 23.1 Å². The molecule has 0 saturated heterocycles. The fraction of sp³-hybridized carbons (Fsp3) is 0.304. The third-order valence-corrected chi connectivity index (χ3v) is 4.50. The number of nitrogens with zero attached hydrogens (tertiary/aromatic N) is 1. The van der Waals surface area contributed by atoms with Gasteiger partial charge in [0.15, 0.2) is 0 Å². The third-order valence-electron chi connectivity index (χ3n) is 4.50. The highest BCUT2D eigenvalue weighted by molar-refractivity contribution is 6.36. The Labute approximate surface area is 183 Å². The molecule has 1 aliphatic heterocycles. The summed E-state index contributed by atoms with van der Waals surface area (Å²) in [4.78, 5) is 27.2. The normalized spacial score (nSPS) is 14.6. The van der Waals surface area contributed by atoms with Gasteiger partial charge in [-0.3, -0.25) is 14.5 Å². The minimum Gasteiger partial charge on any atom is -0.491 e. The fourth-order valence-electron chi connectivity index (χ4n) is 3.26. The molecule has 2 aromatic rings. The smallest absolute Gasteiger partial charge is 0.491 e. The van der Waals surface area contributed by atoms with Crippen LogP contribution in [0.25, 0.3) is 5.57 Å². The number of alkyl halides is 3. The topological polar surface area (TPSA) is 67.9 Å². The van der Waals surface area contributed by atoms with Crippen LogP contribution in [0.4, 0.5) is 18.9 Å². The summed E-state index contributed by atoms with van der Waals surface area (Å²) in [7, 11) is 0. The molecule has 170 valence electrons. The minimum atomic E-state index is -4.80. The van der Waals surface area contributed by atoms with Crippen molar-refractivity contribution in [2.75, 3.05) is 5.32 Å². The van der Waals surface area contributed by atoms with Crippen LogP contribution in [-0.4, -0.2) is 35.2 Å². The number of halogens is 3. The molecule has 0 saturated carbocycles. The van der Waals surface area contributed by atoms with Crippen LogP contribution in [0.2, 0.25) is 0 Å². The molecule has 0 spiro atoms. The Morgan fingerprint density at radius 2 is 1.41 bits per heavy atom. The molecule has 3 rings (SSSR count). The lowest BCUT2D eigenvalue weighted by molar-refractivity contribution is -0.274. The summed E-state index contributed by atoms with van der Waals surface area (Å²) in [6.07, 6.45) is -4.82. The molecule has 0 aliphatic carbocycles. The van der Waals surface area contributed by atoms with Crippen LogP contribution in [0.1, 0.15) is 33.3 Å². The third kappa shape index (κ3) is 5.22. The summed E-state index contributed by atoms with van der Waals surface area (Å²) >= 11 is 0. The average Bonchev–Trinajstić information content (AvgIpc) is 2.92. The molecule has 0 bridgehead atoms. The van der Waals surface area contributed by atoms with Gasteiger partial charge >= 0.3 is 6.36 Å². The van der Waals surface area contributed by atoms with Crippen molar-refractivity contribution in [3.05, 3.63) is 59.8 Å². The molecular formula is C23H23F3N2O4. The van der Waals surface area contributed by atoms with Crippen molar-refractivity contribution < 1.29 is 32.2 Å². The van der Waals surface area contributed by atoms with Crippen molar-refractivity contribution in [3.63, 3.8) is 0 Å². The van der Waals surface area contributed by atoms with Gasteiger partial charge < -0.3 is 14.8 Å². The molecule has 32 heavy (non-hydrogen) atoms. The predicted octanol–water partition coefficient (Wildman–Crippen LogP) is 4.97. The summed E-state index contributed by atoms with van der Waals surface area (Å²) in [5.41, 5.74) is 1.07. The van der Waals surface area contributed by atoms with Crippen molar-refractivity contribution in [1.82, 2.24) is 4.90 Å². The molecule has 6 nitrogen and oxygen atoms in total. The van der Waals surface area contributed by atoms with E-state index in [9.17, 15) is 22.8 Å². The van der Waals surface area contributed by atoms with Gasteiger partial charge in [0.2, 0.25) is 0 Å².